The molecule has 0 aliphatic rings. The number of halogens is 2. The summed E-state index contributed by atoms with van der Waals surface area (Å²) in [6.07, 6.45) is 4.97. The van der Waals surface area contributed by atoms with Crippen LogP contribution in [-0.4, -0.2) is 0 Å². The molecular weight excluding hydrogens is 442 g/mol. The van der Waals surface area contributed by atoms with Gasteiger partial charge in [-0.1, -0.05) is 39.5 Å². The molecule has 0 amide bonds. The van der Waals surface area contributed by atoms with Gasteiger partial charge in [0, 0.05) is 0 Å². The van der Waals surface area contributed by atoms with Crippen LogP contribution >= 0.6 is 0 Å². The van der Waals surface area contributed by atoms with Gasteiger partial charge in [0.1, 0.15) is 0 Å². The minimum atomic E-state index is 0. The smallest absolute Gasteiger partial charge is 1.00 e. The molecule has 19 heavy (non-hydrogen) atoms. The third-order valence-electron chi connectivity index (χ3n) is 2.54. The monoisotopic (exact) mass is 464 g/mol. The third kappa shape index (κ3) is 11.7. The van der Waals surface area contributed by atoms with Gasteiger partial charge < -0.3 is 24.8 Å². The molecule has 0 atom stereocenters. The van der Waals surface area contributed by atoms with Gasteiger partial charge in [-0.25, -0.2) is 24.3 Å². The van der Waals surface area contributed by atoms with E-state index in [4.69, 9.17) is 0 Å². The van der Waals surface area contributed by atoms with Gasteiger partial charge in [0.25, 0.3) is 0 Å². The van der Waals surface area contributed by atoms with Crippen LogP contribution in [0.5, 0.6) is 0 Å². The van der Waals surface area contributed by atoms with Crippen LogP contribution in [0.25, 0.3) is 0 Å². The van der Waals surface area contributed by atoms with Gasteiger partial charge in [0.15, 0.2) is 0 Å². The second-order valence-electron chi connectivity index (χ2n) is 4.09. The summed E-state index contributed by atoms with van der Waals surface area (Å²) in [6, 6.07) is 17.0. The van der Waals surface area contributed by atoms with Crippen LogP contribution in [0.3, 0.4) is 0 Å². The minimum Gasteiger partial charge on any atom is -1.00 e. The fourth-order valence-corrected chi connectivity index (χ4v) is 1.74. The van der Waals surface area contributed by atoms with Gasteiger partial charge >= 0.3 is 25.8 Å². The molecule has 2 aromatic carbocycles. The Morgan fingerprint density at radius 3 is 1.37 bits per heavy atom. The van der Waals surface area contributed by atoms with Crippen molar-refractivity contribution in [3.05, 3.63) is 59.7 Å². The van der Waals surface area contributed by atoms with Gasteiger partial charge in [-0.05, 0) is 0 Å². The molecule has 0 bridgehead atoms. The molecular formula is C16H22Cl2Hf. The van der Waals surface area contributed by atoms with E-state index in [2.05, 4.69) is 62.4 Å². The van der Waals surface area contributed by atoms with Crippen molar-refractivity contribution in [1.29, 1.82) is 0 Å². The van der Waals surface area contributed by atoms with Crippen LogP contribution in [-0.2, 0) is 38.7 Å². The molecule has 0 spiro atoms. The number of aryl methyl sites for hydroxylation is 2. The first-order valence-electron chi connectivity index (χ1n) is 6.28. The van der Waals surface area contributed by atoms with Crippen molar-refractivity contribution in [3.8, 4) is 0 Å². The standard InChI is InChI=1S/2C8H11.2ClH.Hf/c2*1-2-5-8-6-3-4-7-8;;;/h2*3-4,6-7H,2,5H2,1H3;2*1H;/q2*-1;;;+4/p-2. The zero-order valence-corrected chi connectivity index (χ0v) is 16.8. The van der Waals surface area contributed by atoms with Gasteiger partial charge in [-0.15, -0.1) is 0 Å². The molecule has 0 unspecified atom stereocenters. The van der Waals surface area contributed by atoms with Gasteiger partial charge in [-0.2, -0.15) is 35.4 Å². The Bertz CT molecular complexity index is 302. The summed E-state index contributed by atoms with van der Waals surface area (Å²) in [5.41, 5.74) is 2.93. The average Bonchev–Trinajstić information content (AvgIpc) is 2.92. The van der Waals surface area contributed by atoms with E-state index in [1.807, 2.05) is 0 Å². The van der Waals surface area contributed by atoms with Gasteiger partial charge in [0.2, 0.25) is 0 Å². The molecule has 0 saturated heterocycles. The maximum atomic E-state index is 2.20. The predicted octanol–water partition coefficient (Wildman–Crippen LogP) is -1.28. The van der Waals surface area contributed by atoms with E-state index >= 15 is 0 Å². The number of rotatable bonds is 4. The summed E-state index contributed by atoms with van der Waals surface area (Å²) < 4.78 is 0. The average molecular weight is 464 g/mol. The molecule has 0 N–H and O–H groups in total. The van der Waals surface area contributed by atoms with E-state index in [0.29, 0.717) is 0 Å². The molecule has 0 aromatic heterocycles. The van der Waals surface area contributed by atoms with Crippen molar-refractivity contribution in [3.63, 3.8) is 0 Å². The first-order chi connectivity index (χ1) is 7.86. The maximum Gasteiger partial charge on any atom is 4.00 e. The van der Waals surface area contributed by atoms with Crippen LogP contribution in [0.4, 0.5) is 0 Å². The minimum absolute atomic E-state index is 0. The normalized spacial score (nSPS) is 8.11. The molecule has 0 heterocycles. The van der Waals surface area contributed by atoms with Crippen LogP contribution in [0.1, 0.15) is 37.8 Å². The molecule has 0 nitrogen and oxygen atoms in total. The Labute approximate surface area is 149 Å². The van der Waals surface area contributed by atoms with Gasteiger partial charge in [-0.3, -0.25) is 0 Å². The summed E-state index contributed by atoms with van der Waals surface area (Å²) in [5.74, 6) is 0. The second-order valence-corrected chi connectivity index (χ2v) is 4.09. The Hall–Kier alpha value is 0.150. The SMILES string of the molecule is CCCc1ccc[cH-]1.CCCc1ccc[cH-]1.[Cl-].[Cl-].[Hf+4]. The quantitative estimate of drug-likeness (QED) is 0.392. The molecule has 0 saturated carbocycles. The van der Waals surface area contributed by atoms with E-state index in [-0.39, 0.29) is 50.7 Å². The van der Waals surface area contributed by atoms with Crippen molar-refractivity contribution in [1.82, 2.24) is 0 Å². The first-order valence-corrected chi connectivity index (χ1v) is 6.28. The van der Waals surface area contributed by atoms with Gasteiger partial charge in [0.05, 0.1) is 0 Å². The molecule has 3 heteroatoms. The van der Waals surface area contributed by atoms with Crippen LogP contribution in [0.2, 0.25) is 0 Å². The van der Waals surface area contributed by atoms with Crippen molar-refractivity contribution < 1.29 is 50.7 Å². The molecule has 0 aliphatic heterocycles. The second kappa shape index (κ2) is 16.2. The van der Waals surface area contributed by atoms with E-state index < -0.39 is 0 Å². The van der Waals surface area contributed by atoms with E-state index in [0.717, 1.165) is 0 Å². The van der Waals surface area contributed by atoms with Crippen LogP contribution < -0.4 is 24.8 Å². The zero-order chi connectivity index (χ0) is 11.6. The van der Waals surface area contributed by atoms with Crippen LogP contribution in [0, 0.1) is 0 Å². The Morgan fingerprint density at radius 1 is 0.789 bits per heavy atom. The zero-order valence-electron chi connectivity index (χ0n) is 11.7. The van der Waals surface area contributed by atoms with E-state index in [1.165, 1.54) is 36.8 Å². The van der Waals surface area contributed by atoms with Crippen molar-refractivity contribution in [2.75, 3.05) is 0 Å². The Kier molecular flexibility index (Phi) is 20.6. The summed E-state index contributed by atoms with van der Waals surface area (Å²) in [4.78, 5) is 0. The molecule has 2 aromatic rings. The predicted molar refractivity (Wildman–Crippen MR) is 72.1 cm³/mol. The fourth-order valence-electron chi connectivity index (χ4n) is 1.74. The number of hydrogen-bond donors (Lipinski definition) is 0. The summed E-state index contributed by atoms with van der Waals surface area (Å²) in [6.45, 7) is 4.40. The summed E-state index contributed by atoms with van der Waals surface area (Å²) >= 11 is 0. The molecule has 0 fully saturated rings. The van der Waals surface area contributed by atoms with Crippen molar-refractivity contribution in [2.24, 2.45) is 0 Å². The molecule has 104 valence electrons. The van der Waals surface area contributed by atoms with Crippen LogP contribution in [0.15, 0.2) is 48.5 Å². The van der Waals surface area contributed by atoms with E-state index in [1.54, 1.807) is 0 Å². The fraction of sp³-hybridized carbons (Fsp3) is 0.375. The molecule has 0 aliphatic carbocycles. The summed E-state index contributed by atoms with van der Waals surface area (Å²) in [7, 11) is 0. The van der Waals surface area contributed by atoms with Crippen molar-refractivity contribution >= 4 is 0 Å². The number of hydrogen-bond acceptors (Lipinski definition) is 0. The van der Waals surface area contributed by atoms with E-state index in [9.17, 15) is 0 Å². The third-order valence-corrected chi connectivity index (χ3v) is 2.54. The first kappa shape index (κ1) is 24.2. The maximum absolute atomic E-state index is 2.20. The summed E-state index contributed by atoms with van der Waals surface area (Å²) in [5, 5.41) is 0. The molecule has 0 radical (unpaired) electrons. The molecule has 2 rings (SSSR count). The Morgan fingerprint density at radius 2 is 1.16 bits per heavy atom. The Balaban J connectivity index is -0.000000233. The largest absolute Gasteiger partial charge is 4.00 e. The van der Waals surface area contributed by atoms with Crippen molar-refractivity contribution in [2.45, 2.75) is 39.5 Å². The topological polar surface area (TPSA) is 0 Å².